The highest BCUT2D eigenvalue weighted by molar-refractivity contribution is 7.92. The number of carbonyl (C=O) groups excluding carboxylic acids is 1. The van der Waals surface area contributed by atoms with Crippen LogP contribution in [0.15, 0.2) is 24.3 Å². The number of carbonyl (C=O) groups is 1. The molecule has 1 aliphatic carbocycles. The van der Waals surface area contributed by atoms with Gasteiger partial charge in [0.15, 0.2) is 0 Å². The summed E-state index contributed by atoms with van der Waals surface area (Å²) in [5.74, 6) is -0.812. The van der Waals surface area contributed by atoms with Gasteiger partial charge in [0, 0.05) is 19.0 Å². The quantitative estimate of drug-likeness (QED) is 0.863. The molecule has 0 unspecified atom stereocenters. The second-order valence-electron chi connectivity index (χ2n) is 5.94. The average Bonchev–Trinajstić information content (AvgIpc) is 2.49. The molecule has 1 aliphatic rings. The van der Waals surface area contributed by atoms with E-state index >= 15 is 0 Å². The molecule has 1 aromatic rings. The van der Waals surface area contributed by atoms with Crippen LogP contribution in [0.2, 0.25) is 0 Å². The monoisotopic (exact) mass is 342 g/mol. The number of benzene rings is 1. The van der Waals surface area contributed by atoms with Gasteiger partial charge >= 0.3 is 0 Å². The van der Waals surface area contributed by atoms with Crippen molar-refractivity contribution in [3.05, 3.63) is 30.1 Å². The van der Waals surface area contributed by atoms with Gasteiger partial charge in [0.05, 0.1) is 11.9 Å². The van der Waals surface area contributed by atoms with E-state index in [4.69, 9.17) is 0 Å². The highest BCUT2D eigenvalue weighted by atomic mass is 32.2. The Balaban J connectivity index is 1.99. The number of hydrogen-bond acceptors (Lipinski definition) is 3. The van der Waals surface area contributed by atoms with Crippen LogP contribution in [0, 0.1) is 5.82 Å². The zero-order chi connectivity index (χ0) is 16.9. The summed E-state index contributed by atoms with van der Waals surface area (Å²) < 4.78 is 38.6. The molecule has 1 aromatic carbocycles. The third-order valence-electron chi connectivity index (χ3n) is 4.03. The number of anilines is 1. The van der Waals surface area contributed by atoms with Gasteiger partial charge in [-0.05, 0) is 25.0 Å². The van der Waals surface area contributed by atoms with E-state index in [-0.39, 0.29) is 30.6 Å². The number of halogens is 1. The van der Waals surface area contributed by atoms with Gasteiger partial charge < -0.3 is 5.32 Å². The Bertz CT molecular complexity index is 642. The highest BCUT2D eigenvalue weighted by Gasteiger charge is 2.22. The minimum atomic E-state index is -3.66. The van der Waals surface area contributed by atoms with Crippen molar-refractivity contribution < 1.29 is 17.6 Å². The van der Waals surface area contributed by atoms with Gasteiger partial charge in [0.1, 0.15) is 5.82 Å². The summed E-state index contributed by atoms with van der Waals surface area (Å²) in [7, 11) is -3.66. The van der Waals surface area contributed by atoms with E-state index in [1.165, 1.54) is 24.6 Å². The molecule has 0 aromatic heterocycles. The number of sulfonamides is 1. The lowest BCUT2D eigenvalue weighted by Gasteiger charge is -2.25. The van der Waals surface area contributed by atoms with Crippen LogP contribution in [0.5, 0.6) is 0 Å². The van der Waals surface area contributed by atoms with Crippen molar-refractivity contribution in [3.63, 3.8) is 0 Å². The van der Waals surface area contributed by atoms with Gasteiger partial charge in [-0.3, -0.25) is 9.10 Å². The number of nitrogens with one attached hydrogen (secondary N) is 1. The van der Waals surface area contributed by atoms with Gasteiger partial charge in [0.25, 0.3) is 0 Å². The molecule has 128 valence electrons. The molecule has 7 heteroatoms. The molecule has 5 nitrogen and oxygen atoms in total. The third-order valence-corrected chi connectivity index (χ3v) is 5.21. The summed E-state index contributed by atoms with van der Waals surface area (Å²) in [6.45, 7) is -0.0711. The van der Waals surface area contributed by atoms with Crippen LogP contribution in [-0.2, 0) is 14.8 Å². The topological polar surface area (TPSA) is 66.5 Å². The minimum absolute atomic E-state index is 0.0118. The van der Waals surface area contributed by atoms with Crippen molar-refractivity contribution in [2.75, 3.05) is 17.1 Å². The van der Waals surface area contributed by atoms with Gasteiger partial charge in [-0.2, -0.15) is 0 Å². The number of para-hydroxylation sites is 1. The molecular weight excluding hydrogens is 319 g/mol. The van der Waals surface area contributed by atoms with Gasteiger partial charge in [-0.1, -0.05) is 31.4 Å². The van der Waals surface area contributed by atoms with Crippen molar-refractivity contribution in [1.29, 1.82) is 0 Å². The Morgan fingerprint density at radius 1 is 1.26 bits per heavy atom. The molecular formula is C16H23FN2O3S. The molecule has 0 spiro atoms. The van der Waals surface area contributed by atoms with E-state index in [0.717, 1.165) is 36.2 Å². The van der Waals surface area contributed by atoms with Crippen LogP contribution in [0.1, 0.15) is 38.5 Å². The number of amides is 1. The van der Waals surface area contributed by atoms with E-state index in [9.17, 15) is 17.6 Å². The fourth-order valence-electron chi connectivity index (χ4n) is 2.87. The largest absolute Gasteiger partial charge is 0.353 e. The second-order valence-corrected chi connectivity index (χ2v) is 7.85. The zero-order valence-corrected chi connectivity index (χ0v) is 14.1. The first-order valence-corrected chi connectivity index (χ1v) is 9.74. The molecule has 0 heterocycles. The fourth-order valence-corrected chi connectivity index (χ4v) is 3.80. The Hall–Kier alpha value is -1.63. The highest BCUT2D eigenvalue weighted by Crippen LogP contribution is 2.22. The Morgan fingerprint density at radius 3 is 2.52 bits per heavy atom. The molecule has 0 bridgehead atoms. The molecule has 1 fully saturated rings. The van der Waals surface area contributed by atoms with Crippen molar-refractivity contribution in [2.45, 2.75) is 44.6 Å². The van der Waals surface area contributed by atoms with Crippen LogP contribution in [0.25, 0.3) is 0 Å². The van der Waals surface area contributed by atoms with E-state index in [0.29, 0.717) is 0 Å². The Kier molecular flexibility index (Phi) is 5.98. The van der Waals surface area contributed by atoms with Crippen molar-refractivity contribution in [2.24, 2.45) is 0 Å². The molecule has 23 heavy (non-hydrogen) atoms. The third kappa shape index (κ3) is 5.20. The van der Waals surface area contributed by atoms with Crippen molar-refractivity contribution >= 4 is 21.6 Å². The van der Waals surface area contributed by atoms with Gasteiger partial charge in [-0.15, -0.1) is 0 Å². The Morgan fingerprint density at radius 2 is 1.91 bits per heavy atom. The molecule has 1 N–H and O–H groups in total. The van der Waals surface area contributed by atoms with Gasteiger partial charge in [-0.25, -0.2) is 12.8 Å². The minimum Gasteiger partial charge on any atom is -0.353 e. The predicted octanol–water partition coefficient (Wildman–Crippen LogP) is 2.43. The van der Waals surface area contributed by atoms with Crippen molar-refractivity contribution in [3.8, 4) is 0 Å². The maximum Gasteiger partial charge on any atom is 0.232 e. The van der Waals surface area contributed by atoms with Crippen LogP contribution in [-0.4, -0.2) is 33.2 Å². The molecule has 0 saturated heterocycles. The lowest BCUT2D eigenvalue weighted by molar-refractivity contribution is -0.121. The zero-order valence-electron chi connectivity index (χ0n) is 13.3. The molecule has 1 saturated carbocycles. The normalized spacial score (nSPS) is 16.1. The summed E-state index contributed by atoms with van der Waals surface area (Å²) in [5, 5.41) is 2.94. The lowest BCUT2D eigenvalue weighted by Crippen LogP contribution is -2.39. The standard InChI is InChI=1S/C16H23FN2O3S/c1-23(21,22)19(15-10-6-5-9-14(15)17)12-11-16(20)18-13-7-3-2-4-8-13/h5-6,9-10,13H,2-4,7-8,11-12H2,1H3,(H,18,20). The van der Waals surface area contributed by atoms with E-state index < -0.39 is 15.8 Å². The van der Waals surface area contributed by atoms with E-state index in [1.807, 2.05) is 0 Å². The molecule has 2 rings (SSSR count). The first-order valence-electron chi connectivity index (χ1n) is 7.89. The van der Waals surface area contributed by atoms with Crippen LogP contribution in [0.3, 0.4) is 0 Å². The van der Waals surface area contributed by atoms with E-state index in [1.54, 1.807) is 6.07 Å². The number of rotatable bonds is 6. The summed E-state index contributed by atoms with van der Waals surface area (Å²) >= 11 is 0. The molecule has 0 atom stereocenters. The van der Waals surface area contributed by atoms with Crippen LogP contribution >= 0.6 is 0 Å². The predicted molar refractivity (Wildman–Crippen MR) is 88.2 cm³/mol. The van der Waals surface area contributed by atoms with E-state index in [2.05, 4.69) is 5.32 Å². The van der Waals surface area contributed by atoms with Crippen LogP contribution in [0.4, 0.5) is 10.1 Å². The number of hydrogen-bond donors (Lipinski definition) is 1. The summed E-state index contributed by atoms with van der Waals surface area (Å²) in [6, 6.07) is 5.84. The summed E-state index contributed by atoms with van der Waals surface area (Å²) in [6.07, 6.45) is 6.37. The maximum atomic E-state index is 13.9. The van der Waals surface area contributed by atoms with Crippen molar-refractivity contribution in [1.82, 2.24) is 5.32 Å². The number of nitrogens with zero attached hydrogens (tertiary/aromatic N) is 1. The molecule has 0 aliphatic heterocycles. The average molecular weight is 342 g/mol. The second kappa shape index (κ2) is 7.77. The summed E-state index contributed by atoms with van der Waals surface area (Å²) in [5.41, 5.74) is -0.0273. The van der Waals surface area contributed by atoms with Gasteiger partial charge in [0.2, 0.25) is 15.9 Å². The fraction of sp³-hybridized carbons (Fsp3) is 0.562. The molecule has 0 radical (unpaired) electrons. The Labute approximate surface area is 136 Å². The maximum absolute atomic E-state index is 13.9. The smallest absolute Gasteiger partial charge is 0.232 e. The summed E-state index contributed by atoms with van der Waals surface area (Å²) in [4.78, 5) is 12.0. The lowest BCUT2D eigenvalue weighted by atomic mass is 9.95. The first-order chi connectivity index (χ1) is 10.9. The first kappa shape index (κ1) is 17.7. The van der Waals surface area contributed by atoms with Crippen LogP contribution < -0.4 is 9.62 Å². The SMILES string of the molecule is CS(=O)(=O)N(CCC(=O)NC1CCCCC1)c1ccccc1F. The molecule has 1 amide bonds.